The van der Waals surface area contributed by atoms with E-state index in [0.717, 1.165) is 5.75 Å². The standard InChI is InChI=1S/C19H23BrO/c1-14(2)21-17-12-10-15(11-13-17)18(20)19(3,4)16-8-6-5-7-9-16/h5-14,18H,1-4H3. The van der Waals surface area contributed by atoms with Crippen LogP contribution in [-0.2, 0) is 5.41 Å². The summed E-state index contributed by atoms with van der Waals surface area (Å²) in [6, 6.07) is 19.0. The average Bonchev–Trinajstić information content (AvgIpc) is 2.47. The number of hydrogen-bond donors (Lipinski definition) is 0. The summed E-state index contributed by atoms with van der Waals surface area (Å²) in [6.45, 7) is 8.61. The Morgan fingerprint density at radius 1 is 0.905 bits per heavy atom. The molecule has 0 aliphatic rings. The molecule has 21 heavy (non-hydrogen) atoms. The highest BCUT2D eigenvalue weighted by Gasteiger charge is 2.30. The van der Waals surface area contributed by atoms with Crippen molar-refractivity contribution in [2.75, 3.05) is 0 Å². The summed E-state index contributed by atoms with van der Waals surface area (Å²) >= 11 is 3.88. The molecular weight excluding hydrogens is 324 g/mol. The molecule has 0 amide bonds. The monoisotopic (exact) mass is 346 g/mol. The number of hydrogen-bond acceptors (Lipinski definition) is 1. The fourth-order valence-corrected chi connectivity index (χ4v) is 2.99. The molecule has 0 aromatic heterocycles. The van der Waals surface area contributed by atoms with Crippen LogP contribution in [0.4, 0.5) is 0 Å². The van der Waals surface area contributed by atoms with Gasteiger partial charge in [0.2, 0.25) is 0 Å². The van der Waals surface area contributed by atoms with Crippen LogP contribution in [0.2, 0.25) is 0 Å². The third kappa shape index (κ3) is 3.88. The summed E-state index contributed by atoms with van der Waals surface area (Å²) in [5.74, 6) is 0.922. The Balaban J connectivity index is 2.21. The lowest BCUT2D eigenvalue weighted by Gasteiger charge is -2.31. The molecule has 2 aromatic carbocycles. The van der Waals surface area contributed by atoms with Gasteiger partial charge < -0.3 is 4.74 Å². The van der Waals surface area contributed by atoms with E-state index in [4.69, 9.17) is 4.74 Å². The van der Waals surface area contributed by atoms with Crippen LogP contribution >= 0.6 is 15.9 Å². The second-order valence-corrected chi connectivity index (χ2v) is 7.10. The Morgan fingerprint density at radius 2 is 1.48 bits per heavy atom. The van der Waals surface area contributed by atoms with Gasteiger partial charge in [-0.2, -0.15) is 0 Å². The quantitative estimate of drug-likeness (QED) is 0.613. The second-order valence-electron chi connectivity index (χ2n) is 6.19. The first kappa shape index (κ1) is 16.1. The van der Waals surface area contributed by atoms with E-state index in [1.165, 1.54) is 11.1 Å². The highest BCUT2D eigenvalue weighted by molar-refractivity contribution is 9.09. The number of rotatable bonds is 5. The van der Waals surface area contributed by atoms with Gasteiger partial charge in [0.15, 0.2) is 0 Å². The minimum atomic E-state index is 0.0156. The van der Waals surface area contributed by atoms with E-state index in [1.54, 1.807) is 0 Å². The average molecular weight is 347 g/mol. The molecule has 0 bridgehead atoms. The van der Waals surface area contributed by atoms with Gasteiger partial charge in [0, 0.05) is 10.2 Å². The summed E-state index contributed by atoms with van der Waals surface area (Å²) in [4.78, 5) is 0.250. The molecule has 1 unspecified atom stereocenters. The molecule has 112 valence electrons. The van der Waals surface area contributed by atoms with Crippen LogP contribution in [0.5, 0.6) is 5.75 Å². The highest BCUT2D eigenvalue weighted by Crippen LogP contribution is 2.43. The third-order valence-electron chi connectivity index (χ3n) is 3.70. The topological polar surface area (TPSA) is 9.23 Å². The van der Waals surface area contributed by atoms with Crippen LogP contribution < -0.4 is 4.74 Å². The predicted molar refractivity (Wildman–Crippen MR) is 93.3 cm³/mol. The molecule has 0 spiro atoms. The molecule has 2 aromatic rings. The van der Waals surface area contributed by atoms with Crippen LogP contribution in [-0.4, -0.2) is 6.10 Å². The van der Waals surface area contributed by atoms with Crippen LogP contribution in [0.1, 0.15) is 43.6 Å². The molecule has 2 heteroatoms. The van der Waals surface area contributed by atoms with Gasteiger partial charge in [-0.3, -0.25) is 0 Å². The largest absolute Gasteiger partial charge is 0.491 e. The van der Waals surface area contributed by atoms with Crippen molar-refractivity contribution in [3.63, 3.8) is 0 Å². The number of halogens is 1. The molecule has 0 saturated carbocycles. The Morgan fingerprint density at radius 3 is 2.00 bits per heavy atom. The smallest absolute Gasteiger partial charge is 0.119 e. The first-order valence-electron chi connectivity index (χ1n) is 7.37. The van der Waals surface area contributed by atoms with Crippen molar-refractivity contribution in [1.82, 2.24) is 0 Å². The van der Waals surface area contributed by atoms with Gasteiger partial charge >= 0.3 is 0 Å². The molecule has 2 rings (SSSR count). The van der Waals surface area contributed by atoms with E-state index in [9.17, 15) is 0 Å². The highest BCUT2D eigenvalue weighted by atomic mass is 79.9. The van der Waals surface area contributed by atoms with Crippen LogP contribution in [0.15, 0.2) is 54.6 Å². The predicted octanol–water partition coefficient (Wildman–Crippen LogP) is 5.89. The Kier molecular flexibility index (Phi) is 5.10. The molecule has 0 N–H and O–H groups in total. The van der Waals surface area contributed by atoms with Gasteiger partial charge in [0.25, 0.3) is 0 Å². The molecule has 0 heterocycles. The van der Waals surface area contributed by atoms with Crippen LogP contribution in [0.3, 0.4) is 0 Å². The maximum Gasteiger partial charge on any atom is 0.119 e. The van der Waals surface area contributed by atoms with Gasteiger partial charge in [0.1, 0.15) is 5.75 Å². The normalized spacial score (nSPS) is 13.2. The molecular formula is C19H23BrO. The van der Waals surface area contributed by atoms with E-state index in [0.29, 0.717) is 0 Å². The molecule has 0 aliphatic carbocycles. The van der Waals surface area contributed by atoms with Crippen molar-refractivity contribution in [2.45, 2.75) is 44.0 Å². The van der Waals surface area contributed by atoms with E-state index >= 15 is 0 Å². The Bertz CT molecular complexity index is 558. The van der Waals surface area contributed by atoms with Crippen molar-refractivity contribution in [1.29, 1.82) is 0 Å². The lowest BCUT2D eigenvalue weighted by molar-refractivity contribution is 0.242. The molecule has 0 saturated heterocycles. The molecule has 0 aliphatic heterocycles. The van der Waals surface area contributed by atoms with Gasteiger partial charge in [-0.05, 0) is 37.1 Å². The van der Waals surface area contributed by atoms with Crippen molar-refractivity contribution >= 4 is 15.9 Å². The molecule has 1 atom stereocenters. The SMILES string of the molecule is CC(C)Oc1ccc(C(Br)C(C)(C)c2ccccc2)cc1. The minimum absolute atomic E-state index is 0.0156. The zero-order chi connectivity index (χ0) is 15.5. The van der Waals surface area contributed by atoms with Crippen molar-refractivity contribution in [3.8, 4) is 5.75 Å². The van der Waals surface area contributed by atoms with E-state index in [1.807, 2.05) is 26.0 Å². The lowest BCUT2D eigenvalue weighted by atomic mass is 9.79. The fraction of sp³-hybridized carbons (Fsp3) is 0.368. The van der Waals surface area contributed by atoms with Crippen LogP contribution in [0.25, 0.3) is 0 Å². The van der Waals surface area contributed by atoms with Crippen molar-refractivity contribution < 1.29 is 4.74 Å². The fourth-order valence-electron chi connectivity index (χ4n) is 2.42. The molecule has 1 nitrogen and oxygen atoms in total. The summed E-state index contributed by atoms with van der Waals surface area (Å²) < 4.78 is 5.70. The Labute approximate surface area is 136 Å². The number of benzene rings is 2. The van der Waals surface area contributed by atoms with Gasteiger partial charge in [0.05, 0.1) is 6.10 Å². The maximum atomic E-state index is 5.70. The van der Waals surface area contributed by atoms with E-state index < -0.39 is 0 Å². The van der Waals surface area contributed by atoms with Gasteiger partial charge in [-0.25, -0.2) is 0 Å². The summed E-state index contributed by atoms with van der Waals surface area (Å²) in [5, 5.41) is 0. The zero-order valence-electron chi connectivity index (χ0n) is 13.1. The third-order valence-corrected chi connectivity index (χ3v) is 5.37. The van der Waals surface area contributed by atoms with Crippen molar-refractivity contribution in [2.24, 2.45) is 0 Å². The number of ether oxygens (including phenoxy) is 1. The lowest BCUT2D eigenvalue weighted by Crippen LogP contribution is -2.23. The van der Waals surface area contributed by atoms with Crippen LogP contribution in [0, 0.1) is 0 Å². The van der Waals surface area contributed by atoms with Crippen molar-refractivity contribution in [3.05, 3.63) is 65.7 Å². The minimum Gasteiger partial charge on any atom is -0.491 e. The van der Waals surface area contributed by atoms with E-state index in [2.05, 4.69) is 72.2 Å². The molecule has 0 fully saturated rings. The van der Waals surface area contributed by atoms with E-state index in [-0.39, 0.29) is 16.3 Å². The zero-order valence-corrected chi connectivity index (χ0v) is 14.7. The van der Waals surface area contributed by atoms with Gasteiger partial charge in [-0.1, -0.05) is 72.2 Å². The van der Waals surface area contributed by atoms with Gasteiger partial charge in [-0.15, -0.1) is 0 Å². The first-order valence-corrected chi connectivity index (χ1v) is 8.29. The Hall–Kier alpha value is -1.28. The first-order chi connectivity index (χ1) is 9.91. The summed E-state index contributed by atoms with van der Waals surface area (Å²) in [5.41, 5.74) is 2.61. The maximum absolute atomic E-state index is 5.70. The summed E-state index contributed by atoms with van der Waals surface area (Å²) in [7, 11) is 0. The number of alkyl halides is 1. The molecule has 0 radical (unpaired) electrons. The summed E-state index contributed by atoms with van der Waals surface area (Å²) in [6.07, 6.45) is 0.205. The second kappa shape index (κ2) is 6.65.